The van der Waals surface area contributed by atoms with Crippen molar-refractivity contribution in [2.24, 2.45) is 7.05 Å². The number of hydrogen-bond donors (Lipinski definition) is 1. The third-order valence-corrected chi connectivity index (χ3v) is 8.26. The Morgan fingerprint density at radius 2 is 1.85 bits per heavy atom. The highest BCUT2D eigenvalue weighted by molar-refractivity contribution is 5.83. The summed E-state index contributed by atoms with van der Waals surface area (Å²) in [4.78, 5) is 23.3. The van der Waals surface area contributed by atoms with Crippen molar-refractivity contribution in [1.82, 2.24) is 39.5 Å². The minimum atomic E-state index is -0.504. The lowest BCUT2D eigenvalue weighted by Gasteiger charge is -2.40. The molecule has 6 heterocycles. The molecule has 1 N–H and O–H groups in total. The van der Waals surface area contributed by atoms with Gasteiger partial charge in [-0.1, -0.05) is 33.8 Å². The van der Waals surface area contributed by atoms with Gasteiger partial charge in [0.2, 0.25) is 5.95 Å². The van der Waals surface area contributed by atoms with Gasteiger partial charge in [0.15, 0.2) is 11.5 Å². The number of hydrogen-bond acceptors (Lipinski definition) is 8. The van der Waals surface area contributed by atoms with Gasteiger partial charge in [0.25, 0.3) is 0 Å². The molecule has 1 fully saturated rings. The van der Waals surface area contributed by atoms with Gasteiger partial charge in [0, 0.05) is 60.9 Å². The Balaban J connectivity index is 1.21. The molecule has 2 aliphatic rings. The summed E-state index contributed by atoms with van der Waals surface area (Å²) in [5.74, 6) is 0.458. The largest absolute Gasteiger partial charge is 0.309 e. The molecule has 6 rings (SSSR count). The molecule has 2 aliphatic heterocycles. The molecular weight excluding hydrogens is 505 g/mol. The van der Waals surface area contributed by atoms with Gasteiger partial charge in [-0.25, -0.2) is 24.3 Å². The minimum Gasteiger partial charge on any atom is -0.309 e. The smallest absolute Gasteiger partial charge is 0.229 e. The van der Waals surface area contributed by atoms with Crippen LogP contribution in [0.15, 0.2) is 30.6 Å². The van der Waals surface area contributed by atoms with Crippen molar-refractivity contribution in [3.63, 3.8) is 0 Å². The minimum absolute atomic E-state index is 0.150. The van der Waals surface area contributed by atoms with Gasteiger partial charge >= 0.3 is 0 Å². The fourth-order valence-electron chi connectivity index (χ4n) is 6.26. The summed E-state index contributed by atoms with van der Waals surface area (Å²) in [7, 11) is 1.91. The second-order valence-electron chi connectivity index (χ2n) is 12.0. The number of fused-ring (bicyclic) bond motifs is 2. The summed E-state index contributed by atoms with van der Waals surface area (Å²) in [6, 6.07) is 6.68. The van der Waals surface area contributed by atoms with Gasteiger partial charge in [-0.05, 0) is 50.2 Å². The number of rotatable bonds is 5. The number of likely N-dealkylation sites (tertiary alicyclic amines) is 1. The summed E-state index contributed by atoms with van der Waals surface area (Å²) < 4.78 is 16.8. The number of pyridine rings is 2. The first-order valence-electron chi connectivity index (χ1n) is 14.3. The summed E-state index contributed by atoms with van der Waals surface area (Å²) in [5.41, 5.74) is 4.68. The van der Waals surface area contributed by atoms with E-state index in [9.17, 15) is 4.39 Å². The van der Waals surface area contributed by atoms with Crippen LogP contribution in [0, 0.1) is 5.82 Å². The van der Waals surface area contributed by atoms with Crippen molar-refractivity contribution in [3.8, 4) is 11.3 Å². The standard InChI is InChI=1S/C30H38FN9/c1-6-39-12-9-21(10-13-39)40-14-11-24-19(18-40)7-8-25(34-24)35-29-33-17-23(31)26(36-29)20-15-22-27(30(2,3)4)38(5)37-28(22)32-16-20/h7-8,15-17,21H,6,9-14,18H2,1-5H3,(H,33,34,35,36). The monoisotopic (exact) mass is 543 g/mol. The first-order valence-corrected chi connectivity index (χ1v) is 14.3. The molecule has 0 spiro atoms. The maximum absolute atomic E-state index is 15.0. The lowest BCUT2D eigenvalue weighted by molar-refractivity contribution is 0.100. The van der Waals surface area contributed by atoms with Crippen molar-refractivity contribution in [3.05, 3.63) is 53.4 Å². The number of nitrogens with zero attached hydrogens (tertiary/aromatic N) is 8. The molecule has 0 amide bonds. The van der Waals surface area contributed by atoms with Crippen molar-refractivity contribution < 1.29 is 4.39 Å². The van der Waals surface area contributed by atoms with E-state index >= 15 is 0 Å². The van der Waals surface area contributed by atoms with E-state index in [0.717, 1.165) is 42.8 Å². The Morgan fingerprint density at radius 1 is 1.05 bits per heavy atom. The van der Waals surface area contributed by atoms with Crippen LogP contribution in [-0.4, -0.2) is 71.7 Å². The summed E-state index contributed by atoms with van der Waals surface area (Å²) >= 11 is 0. The number of aromatic nitrogens is 6. The molecule has 0 saturated carbocycles. The molecule has 9 nitrogen and oxygen atoms in total. The molecule has 4 aromatic rings. The Morgan fingerprint density at radius 3 is 2.60 bits per heavy atom. The fourth-order valence-corrected chi connectivity index (χ4v) is 6.26. The van der Waals surface area contributed by atoms with Gasteiger partial charge < -0.3 is 10.2 Å². The second kappa shape index (κ2) is 10.5. The zero-order valence-corrected chi connectivity index (χ0v) is 24.1. The van der Waals surface area contributed by atoms with Gasteiger partial charge in [0.1, 0.15) is 11.5 Å². The normalized spacial score (nSPS) is 17.4. The lowest BCUT2D eigenvalue weighted by atomic mass is 9.89. The molecule has 0 radical (unpaired) electrons. The molecule has 0 unspecified atom stereocenters. The quantitative estimate of drug-likeness (QED) is 0.383. The molecule has 1 saturated heterocycles. The first kappa shape index (κ1) is 26.7. The summed E-state index contributed by atoms with van der Waals surface area (Å²) in [6.07, 6.45) is 6.21. The maximum atomic E-state index is 15.0. The molecule has 0 bridgehead atoms. The van der Waals surface area contributed by atoms with E-state index < -0.39 is 5.82 Å². The van der Waals surface area contributed by atoms with Crippen LogP contribution in [0.25, 0.3) is 22.3 Å². The number of piperidine rings is 1. The Labute approximate surface area is 234 Å². The van der Waals surface area contributed by atoms with Crippen LogP contribution in [0.1, 0.15) is 57.5 Å². The van der Waals surface area contributed by atoms with Crippen LogP contribution in [-0.2, 0) is 25.4 Å². The highest BCUT2D eigenvalue weighted by atomic mass is 19.1. The van der Waals surface area contributed by atoms with E-state index in [-0.39, 0.29) is 11.1 Å². The van der Waals surface area contributed by atoms with Crippen LogP contribution in [0.2, 0.25) is 0 Å². The molecule has 40 heavy (non-hydrogen) atoms. The predicted molar refractivity (Wildman–Crippen MR) is 155 cm³/mol. The van der Waals surface area contributed by atoms with Crippen LogP contribution >= 0.6 is 0 Å². The van der Waals surface area contributed by atoms with Crippen LogP contribution in [0.3, 0.4) is 0 Å². The lowest BCUT2D eigenvalue weighted by Crippen LogP contribution is -2.46. The Hall–Kier alpha value is -3.50. The fraction of sp³-hybridized carbons (Fsp3) is 0.500. The van der Waals surface area contributed by atoms with Crippen molar-refractivity contribution in [2.45, 2.75) is 65.0 Å². The zero-order valence-electron chi connectivity index (χ0n) is 24.1. The maximum Gasteiger partial charge on any atom is 0.229 e. The molecule has 0 aromatic carbocycles. The van der Waals surface area contributed by atoms with Crippen LogP contribution in [0.5, 0.6) is 0 Å². The predicted octanol–water partition coefficient (Wildman–Crippen LogP) is 4.84. The van der Waals surface area contributed by atoms with Gasteiger partial charge in [-0.3, -0.25) is 9.58 Å². The SMILES string of the molecule is CCN1CCC(N2CCc3nc(Nc4ncc(F)c(-c5cnc6nn(C)c(C(C)(C)C)c6c5)n4)ccc3C2)CC1. The summed E-state index contributed by atoms with van der Waals surface area (Å²) in [5, 5.41) is 8.62. The van der Waals surface area contributed by atoms with E-state index in [1.54, 1.807) is 6.20 Å². The van der Waals surface area contributed by atoms with Crippen molar-refractivity contribution >= 4 is 22.8 Å². The van der Waals surface area contributed by atoms with Gasteiger partial charge in [0.05, 0.1) is 11.9 Å². The molecule has 0 atom stereocenters. The van der Waals surface area contributed by atoms with E-state index in [1.165, 1.54) is 37.7 Å². The molecule has 210 valence electrons. The second-order valence-corrected chi connectivity index (χ2v) is 12.0. The van der Waals surface area contributed by atoms with Gasteiger partial charge in [-0.15, -0.1) is 0 Å². The molecular formula is C30H38FN9. The Kier molecular flexibility index (Phi) is 7.00. The molecule has 0 aliphatic carbocycles. The Bertz CT molecular complexity index is 1530. The number of halogens is 1. The zero-order chi connectivity index (χ0) is 28.0. The first-order chi connectivity index (χ1) is 19.2. The van der Waals surface area contributed by atoms with E-state index in [0.29, 0.717) is 29.0 Å². The third kappa shape index (κ3) is 5.17. The average Bonchev–Trinajstić information content (AvgIpc) is 3.29. The highest BCUT2D eigenvalue weighted by Gasteiger charge is 2.28. The number of aryl methyl sites for hydroxylation is 1. The average molecular weight is 544 g/mol. The van der Waals surface area contributed by atoms with E-state index in [2.05, 4.69) is 68.9 Å². The highest BCUT2D eigenvalue weighted by Crippen LogP contribution is 2.32. The number of nitrogens with one attached hydrogen (secondary N) is 1. The molecule has 10 heteroatoms. The molecule has 4 aromatic heterocycles. The summed E-state index contributed by atoms with van der Waals surface area (Å²) in [6.45, 7) is 14.1. The van der Waals surface area contributed by atoms with Crippen LogP contribution in [0.4, 0.5) is 16.2 Å². The van der Waals surface area contributed by atoms with Crippen molar-refractivity contribution in [1.29, 1.82) is 0 Å². The van der Waals surface area contributed by atoms with Gasteiger partial charge in [-0.2, -0.15) is 5.10 Å². The van der Waals surface area contributed by atoms with Crippen LogP contribution < -0.4 is 5.32 Å². The van der Waals surface area contributed by atoms with E-state index in [4.69, 9.17) is 4.98 Å². The third-order valence-electron chi connectivity index (χ3n) is 8.26. The van der Waals surface area contributed by atoms with E-state index in [1.807, 2.05) is 23.9 Å². The topological polar surface area (TPSA) is 87.9 Å². The van der Waals surface area contributed by atoms with Crippen molar-refractivity contribution in [2.75, 3.05) is 31.5 Å². The number of anilines is 2.